The van der Waals surface area contributed by atoms with Gasteiger partial charge in [-0.05, 0) is 31.3 Å². The second kappa shape index (κ2) is 8.31. The van der Waals surface area contributed by atoms with Gasteiger partial charge in [-0.15, -0.1) is 0 Å². The Hall–Kier alpha value is -2.41. The SMILES string of the molecule is CN(CCO)CC(C)(C)c1nc(-c2ccc(Cl)c(O)c2)cn1-c1ccncc1. The van der Waals surface area contributed by atoms with Crippen LogP contribution < -0.4 is 0 Å². The van der Waals surface area contributed by atoms with E-state index >= 15 is 0 Å². The molecule has 6 nitrogen and oxygen atoms in total. The molecule has 0 aliphatic rings. The van der Waals surface area contributed by atoms with Crippen molar-refractivity contribution in [2.75, 3.05) is 26.7 Å². The molecule has 0 spiro atoms. The van der Waals surface area contributed by atoms with E-state index in [9.17, 15) is 10.2 Å². The fourth-order valence-electron chi connectivity index (χ4n) is 3.37. The number of imidazole rings is 1. The predicted molar refractivity (Wildman–Crippen MR) is 111 cm³/mol. The van der Waals surface area contributed by atoms with E-state index in [0.717, 1.165) is 29.3 Å². The number of phenols is 1. The number of pyridine rings is 1. The Bertz CT molecular complexity index is 941. The maximum absolute atomic E-state index is 9.99. The van der Waals surface area contributed by atoms with Crippen LogP contribution in [0.2, 0.25) is 5.02 Å². The first-order valence-electron chi connectivity index (χ1n) is 9.10. The highest BCUT2D eigenvalue weighted by Crippen LogP contribution is 2.33. The molecule has 2 heterocycles. The van der Waals surface area contributed by atoms with E-state index < -0.39 is 0 Å². The van der Waals surface area contributed by atoms with Crippen LogP contribution in [-0.2, 0) is 5.41 Å². The lowest BCUT2D eigenvalue weighted by molar-refractivity contribution is 0.195. The second-order valence-corrected chi connectivity index (χ2v) is 7.94. The molecule has 0 aliphatic carbocycles. The van der Waals surface area contributed by atoms with Gasteiger partial charge in [-0.25, -0.2) is 4.98 Å². The Labute approximate surface area is 170 Å². The molecule has 3 aromatic rings. The lowest BCUT2D eigenvalue weighted by Gasteiger charge is -2.30. The van der Waals surface area contributed by atoms with Crippen molar-refractivity contribution in [1.29, 1.82) is 0 Å². The minimum atomic E-state index is -0.292. The van der Waals surface area contributed by atoms with Crippen molar-refractivity contribution in [2.24, 2.45) is 0 Å². The molecule has 0 radical (unpaired) electrons. The van der Waals surface area contributed by atoms with E-state index in [4.69, 9.17) is 16.6 Å². The van der Waals surface area contributed by atoms with Gasteiger partial charge < -0.3 is 19.7 Å². The maximum atomic E-state index is 9.99. The zero-order chi connectivity index (χ0) is 20.3. The Morgan fingerprint density at radius 1 is 1.18 bits per heavy atom. The third kappa shape index (κ3) is 4.35. The summed E-state index contributed by atoms with van der Waals surface area (Å²) in [7, 11) is 1.98. The molecule has 0 saturated heterocycles. The van der Waals surface area contributed by atoms with Gasteiger partial charge >= 0.3 is 0 Å². The highest BCUT2D eigenvalue weighted by molar-refractivity contribution is 6.32. The van der Waals surface area contributed by atoms with Gasteiger partial charge in [0, 0.05) is 48.3 Å². The van der Waals surface area contributed by atoms with Crippen LogP contribution in [0.4, 0.5) is 0 Å². The van der Waals surface area contributed by atoms with Gasteiger partial charge in [0.1, 0.15) is 11.6 Å². The summed E-state index contributed by atoms with van der Waals surface area (Å²) in [5.74, 6) is 0.911. The first-order valence-corrected chi connectivity index (χ1v) is 9.48. The zero-order valence-electron chi connectivity index (χ0n) is 16.3. The minimum absolute atomic E-state index is 0.0288. The standard InChI is InChI=1S/C21H25ClN4O2/c1-21(2,14-25(3)10-11-27)20-24-18(15-4-5-17(22)19(28)12-15)13-26(20)16-6-8-23-9-7-16/h4-9,12-13,27-28H,10-11,14H2,1-3H3. The van der Waals surface area contributed by atoms with Crippen molar-refractivity contribution in [2.45, 2.75) is 19.3 Å². The summed E-state index contributed by atoms with van der Waals surface area (Å²) in [6.45, 7) is 5.69. The van der Waals surface area contributed by atoms with Crippen LogP contribution in [0.25, 0.3) is 16.9 Å². The van der Waals surface area contributed by atoms with Crippen LogP contribution in [0.5, 0.6) is 5.75 Å². The molecule has 2 N–H and O–H groups in total. The van der Waals surface area contributed by atoms with Crippen molar-refractivity contribution >= 4 is 11.6 Å². The molecule has 3 rings (SSSR count). The smallest absolute Gasteiger partial charge is 0.134 e. The lowest BCUT2D eigenvalue weighted by atomic mass is 9.91. The van der Waals surface area contributed by atoms with Gasteiger partial charge in [0.15, 0.2) is 0 Å². The third-order valence-corrected chi connectivity index (χ3v) is 4.96. The van der Waals surface area contributed by atoms with Crippen molar-refractivity contribution in [3.63, 3.8) is 0 Å². The zero-order valence-corrected chi connectivity index (χ0v) is 17.1. The van der Waals surface area contributed by atoms with E-state index in [1.807, 2.05) is 31.4 Å². The monoisotopic (exact) mass is 400 g/mol. The van der Waals surface area contributed by atoms with Crippen molar-refractivity contribution in [1.82, 2.24) is 19.4 Å². The number of likely N-dealkylation sites (N-methyl/N-ethyl adjacent to an activating group) is 1. The number of aliphatic hydroxyl groups excluding tert-OH is 1. The summed E-state index contributed by atoms with van der Waals surface area (Å²) < 4.78 is 2.05. The Morgan fingerprint density at radius 2 is 1.89 bits per heavy atom. The first-order chi connectivity index (χ1) is 13.3. The van der Waals surface area contributed by atoms with Gasteiger partial charge in [0.25, 0.3) is 0 Å². The molecular formula is C21H25ClN4O2. The average Bonchev–Trinajstić information content (AvgIpc) is 3.11. The number of nitrogens with zero attached hydrogens (tertiary/aromatic N) is 4. The summed E-state index contributed by atoms with van der Waals surface area (Å²) in [6.07, 6.45) is 5.46. The number of rotatable bonds is 7. The number of hydrogen-bond donors (Lipinski definition) is 2. The average molecular weight is 401 g/mol. The van der Waals surface area contributed by atoms with Gasteiger partial charge in [-0.2, -0.15) is 0 Å². The Balaban J connectivity index is 2.09. The van der Waals surface area contributed by atoms with E-state index in [-0.39, 0.29) is 17.8 Å². The molecule has 28 heavy (non-hydrogen) atoms. The molecule has 2 aromatic heterocycles. The third-order valence-electron chi connectivity index (χ3n) is 4.64. The normalized spacial score (nSPS) is 11.9. The minimum Gasteiger partial charge on any atom is -0.506 e. The molecule has 0 saturated carbocycles. The summed E-state index contributed by atoms with van der Waals surface area (Å²) in [5, 5.41) is 19.5. The topological polar surface area (TPSA) is 74.4 Å². The summed E-state index contributed by atoms with van der Waals surface area (Å²) >= 11 is 5.95. The van der Waals surface area contributed by atoms with Crippen LogP contribution in [0.1, 0.15) is 19.7 Å². The number of benzene rings is 1. The summed E-state index contributed by atoms with van der Waals surface area (Å²) in [6, 6.07) is 8.99. The number of phenolic OH excluding ortho intramolecular Hbond substituents is 1. The molecule has 0 unspecified atom stereocenters. The van der Waals surface area contributed by atoms with Gasteiger partial charge in [-0.1, -0.05) is 31.5 Å². The Kier molecular flexibility index (Phi) is 6.03. The predicted octanol–water partition coefficient (Wildman–Crippen LogP) is 3.50. The molecule has 0 bridgehead atoms. The fraction of sp³-hybridized carbons (Fsp3) is 0.333. The molecule has 1 aromatic carbocycles. The highest BCUT2D eigenvalue weighted by atomic mass is 35.5. The van der Waals surface area contributed by atoms with Gasteiger partial charge in [-0.3, -0.25) is 4.98 Å². The van der Waals surface area contributed by atoms with Gasteiger partial charge in [0.05, 0.1) is 17.3 Å². The molecular weight excluding hydrogens is 376 g/mol. The molecule has 148 valence electrons. The fourth-order valence-corrected chi connectivity index (χ4v) is 3.48. The molecule has 0 atom stereocenters. The van der Waals surface area contributed by atoms with E-state index in [1.54, 1.807) is 24.5 Å². The Morgan fingerprint density at radius 3 is 2.54 bits per heavy atom. The van der Waals surface area contributed by atoms with Crippen LogP contribution >= 0.6 is 11.6 Å². The van der Waals surface area contributed by atoms with Crippen LogP contribution in [-0.4, -0.2) is 56.4 Å². The molecule has 0 amide bonds. The molecule has 7 heteroatoms. The number of aliphatic hydroxyl groups is 1. The quantitative estimate of drug-likeness (QED) is 0.635. The number of hydrogen-bond acceptors (Lipinski definition) is 5. The highest BCUT2D eigenvalue weighted by Gasteiger charge is 2.29. The number of halogens is 1. The van der Waals surface area contributed by atoms with Crippen molar-refractivity contribution in [3.8, 4) is 22.7 Å². The molecule has 0 aliphatic heterocycles. The van der Waals surface area contributed by atoms with Crippen molar-refractivity contribution in [3.05, 3.63) is 59.8 Å². The van der Waals surface area contributed by atoms with E-state index in [2.05, 4.69) is 28.3 Å². The maximum Gasteiger partial charge on any atom is 0.134 e. The van der Waals surface area contributed by atoms with E-state index in [0.29, 0.717) is 11.6 Å². The van der Waals surface area contributed by atoms with E-state index in [1.165, 1.54) is 0 Å². The van der Waals surface area contributed by atoms with Gasteiger partial charge in [0.2, 0.25) is 0 Å². The first kappa shape index (κ1) is 20.3. The summed E-state index contributed by atoms with van der Waals surface area (Å²) in [5.41, 5.74) is 2.20. The molecule has 0 fully saturated rings. The van der Waals surface area contributed by atoms with Crippen LogP contribution in [0.15, 0.2) is 48.9 Å². The van der Waals surface area contributed by atoms with Crippen molar-refractivity contribution < 1.29 is 10.2 Å². The lowest BCUT2D eigenvalue weighted by Crippen LogP contribution is -2.37. The number of aromatic hydroxyl groups is 1. The number of aromatic nitrogens is 3. The second-order valence-electron chi connectivity index (χ2n) is 7.54. The summed E-state index contributed by atoms with van der Waals surface area (Å²) in [4.78, 5) is 11.1. The van der Waals surface area contributed by atoms with Crippen LogP contribution in [0, 0.1) is 0 Å². The van der Waals surface area contributed by atoms with Crippen LogP contribution in [0.3, 0.4) is 0 Å². The largest absolute Gasteiger partial charge is 0.506 e.